The lowest BCUT2D eigenvalue weighted by Gasteiger charge is -2.16. The van der Waals surface area contributed by atoms with Gasteiger partial charge in [0.25, 0.3) is 0 Å². The molecule has 16 heavy (non-hydrogen) atoms. The van der Waals surface area contributed by atoms with Gasteiger partial charge in [-0.2, -0.15) is 11.8 Å². The van der Waals surface area contributed by atoms with E-state index in [0.717, 1.165) is 28.2 Å². The maximum atomic E-state index is 4.33. The fourth-order valence-electron chi connectivity index (χ4n) is 1.55. The van der Waals surface area contributed by atoms with Crippen molar-refractivity contribution < 1.29 is 0 Å². The summed E-state index contributed by atoms with van der Waals surface area (Å²) in [7, 11) is 0. The van der Waals surface area contributed by atoms with Crippen LogP contribution in [0.1, 0.15) is 13.3 Å². The first-order valence-corrected chi connectivity index (χ1v) is 7.56. The molecule has 1 N–H and O–H groups in total. The Morgan fingerprint density at radius 1 is 1.50 bits per heavy atom. The number of fused-ring (bicyclic) bond motifs is 1. The van der Waals surface area contributed by atoms with Crippen molar-refractivity contribution in [3.8, 4) is 0 Å². The number of hydrogen-bond donors (Lipinski definition) is 1. The van der Waals surface area contributed by atoms with Crippen molar-refractivity contribution in [3.63, 3.8) is 0 Å². The van der Waals surface area contributed by atoms with E-state index in [1.165, 1.54) is 0 Å². The Kier molecular flexibility index (Phi) is 4.01. The molecule has 3 nitrogen and oxygen atoms in total. The van der Waals surface area contributed by atoms with E-state index in [1.807, 2.05) is 17.8 Å². The molecule has 0 aromatic carbocycles. The van der Waals surface area contributed by atoms with Gasteiger partial charge in [0.1, 0.15) is 12.1 Å². The van der Waals surface area contributed by atoms with E-state index in [-0.39, 0.29) is 0 Å². The zero-order valence-electron chi connectivity index (χ0n) is 9.43. The van der Waals surface area contributed by atoms with Crippen LogP contribution in [0.25, 0.3) is 10.2 Å². The quantitative estimate of drug-likeness (QED) is 0.887. The summed E-state index contributed by atoms with van der Waals surface area (Å²) < 4.78 is 1.15. The lowest BCUT2D eigenvalue weighted by molar-refractivity contribution is 0.771. The summed E-state index contributed by atoms with van der Waals surface area (Å²) in [6, 6.07) is 2.51. The number of anilines is 1. The van der Waals surface area contributed by atoms with Crippen LogP contribution in [0.15, 0.2) is 17.8 Å². The summed E-state index contributed by atoms with van der Waals surface area (Å²) in [6.45, 7) is 2.20. The van der Waals surface area contributed by atoms with Crippen LogP contribution in [0.4, 0.5) is 5.82 Å². The van der Waals surface area contributed by atoms with E-state index in [2.05, 4.69) is 33.8 Å². The summed E-state index contributed by atoms with van der Waals surface area (Å²) in [6.07, 6.45) is 4.87. The van der Waals surface area contributed by atoms with Crippen LogP contribution in [0.5, 0.6) is 0 Å². The highest BCUT2D eigenvalue weighted by Crippen LogP contribution is 2.25. The van der Waals surface area contributed by atoms with Crippen LogP contribution >= 0.6 is 23.1 Å². The van der Waals surface area contributed by atoms with E-state index in [9.17, 15) is 0 Å². The Balaban J connectivity index is 2.22. The van der Waals surface area contributed by atoms with E-state index in [0.29, 0.717) is 6.04 Å². The molecule has 0 amide bonds. The van der Waals surface area contributed by atoms with Crippen LogP contribution in [0, 0.1) is 0 Å². The molecule has 0 aliphatic heterocycles. The number of aromatic nitrogens is 2. The molecule has 0 aliphatic rings. The summed E-state index contributed by atoms with van der Waals surface area (Å²) in [5.74, 6) is 2.08. The van der Waals surface area contributed by atoms with Crippen molar-refractivity contribution >= 4 is 39.1 Å². The zero-order valence-corrected chi connectivity index (χ0v) is 11.1. The van der Waals surface area contributed by atoms with Crippen LogP contribution in [-0.2, 0) is 0 Å². The zero-order chi connectivity index (χ0) is 11.4. The first-order valence-electron chi connectivity index (χ1n) is 5.28. The van der Waals surface area contributed by atoms with Gasteiger partial charge < -0.3 is 5.32 Å². The molecule has 1 unspecified atom stereocenters. The smallest absolute Gasteiger partial charge is 0.147 e. The molecule has 0 radical (unpaired) electrons. The van der Waals surface area contributed by atoms with E-state index < -0.39 is 0 Å². The van der Waals surface area contributed by atoms with Gasteiger partial charge in [0.05, 0.1) is 10.2 Å². The van der Waals surface area contributed by atoms with Gasteiger partial charge in [0.15, 0.2) is 0 Å². The third-order valence-electron chi connectivity index (χ3n) is 2.44. The second kappa shape index (κ2) is 5.50. The lowest BCUT2D eigenvalue weighted by Crippen LogP contribution is -2.21. The standard InChI is InChI=1S/C11H15N3S2/c1-3-8(6-15-2)14-11-10-9(4-5-16-10)12-7-13-11/h4-5,7-8H,3,6H2,1-2H3,(H,12,13,14). The van der Waals surface area contributed by atoms with Crippen molar-refractivity contribution in [3.05, 3.63) is 17.8 Å². The van der Waals surface area contributed by atoms with Gasteiger partial charge >= 0.3 is 0 Å². The van der Waals surface area contributed by atoms with Crippen molar-refractivity contribution in [1.29, 1.82) is 0 Å². The Labute approximate surface area is 104 Å². The molecular formula is C11H15N3S2. The fraction of sp³-hybridized carbons (Fsp3) is 0.455. The highest BCUT2D eigenvalue weighted by atomic mass is 32.2. The molecule has 2 aromatic rings. The Hall–Kier alpha value is -0.810. The molecule has 86 valence electrons. The molecule has 1 atom stereocenters. The van der Waals surface area contributed by atoms with Gasteiger partial charge in [-0.05, 0) is 24.1 Å². The van der Waals surface area contributed by atoms with Crippen molar-refractivity contribution in [2.45, 2.75) is 19.4 Å². The number of nitrogens with zero attached hydrogens (tertiary/aromatic N) is 2. The van der Waals surface area contributed by atoms with Crippen LogP contribution in [-0.4, -0.2) is 28.0 Å². The van der Waals surface area contributed by atoms with Crippen LogP contribution < -0.4 is 5.32 Å². The number of thioether (sulfide) groups is 1. The molecule has 0 spiro atoms. The minimum Gasteiger partial charge on any atom is -0.365 e. The lowest BCUT2D eigenvalue weighted by atomic mass is 10.2. The highest BCUT2D eigenvalue weighted by molar-refractivity contribution is 7.98. The van der Waals surface area contributed by atoms with E-state index in [1.54, 1.807) is 17.7 Å². The number of hydrogen-bond acceptors (Lipinski definition) is 5. The van der Waals surface area contributed by atoms with Gasteiger partial charge in [-0.1, -0.05) is 6.92 Å². The Bertz CT molecular complexity index is 455. The molecule has 0 bridgehead atoms. The molecular weight excluding hydrogens is 238 g/mol. The number of nitrogens with one attached hydrogen (secondary N) is 1. The highest BCUT2D eigenvalue weighted by Gasteiger charge is 2.09. The normalized spacial score (nSPS) is 12.9. The van der Waals surface area contributed by atoms with Crippen molar-refractivity contribution in [2.24, 2.45) is 0 Å². The predicted molar refractivity (Wildman–Crippen MR) is 73.5 cm³/mol. The molecule has 5 heteroatoms. The SMILES string of the molecule is CCC(CSC)Nc1ncnc2ccsc12. The third kappa shape index (κ3) is 2.47. The van der Waals surface area contributed by atoms with Gasteiger partial charge in [-0.25, -0.2) is 9.97 Å². The minimum atomic E-state index is 0.482. The topological polar surface area (TPSA) is 37.8 Å². The molecule has 0 fully saturated rings. The predicted octanol–water partition coefficient (Wildman–Crippen LogP) is 3.24. The van der Waals surface area contributed by atoms with Gasteiger partial charge in [0, 0.05) is 11.8 Å². The van der Waals surface area contributed by atoms with Gasteiger partial charge in [0.2, 0.25) is 0 Å². The van der Waals surface area contributed by atoms with E-state index >= 15 is 0 Å². The average molecular weight is 253 g/mol. The Morgan fingerprint density at radius 2 is 2.38 bits per heavy atom. The third-order valence-corrected chi connectivity index (χ3v) is 4.09. The molecule has 0 saturated heterocycles. The van der Waals surface area contributed by atoms with Crippen LogP contribution in [0.2, 0.25) is 0 Å². The van der Waals surface area contributed by atoms with Crippen LogP contribution in [0.3, 0.4) is 0 Å². The van der Waals surface area contributed by atoms with Gasteiger partial charge in [-0.15, -0.1) is 11.3 Å². The monoisotopic (exact) mass is 253 g/mol. The van der Waals surface area contributed by atoms with Gasteiger partial charge in [-0.3, -0.25) is 0 Å². The largest absolute Gasteiger partial charge is 0.365 e. The summed E-state index contributed by atoms with van der Waals surface area (Å²) >= 11 is 3.55. The minimum absolute atomic E-state index is 0.482. The molecule has 0 saturated carbocycles. The van der Waals surface area contributed by atoms with Crippen molar-refractivity contribution in [1.82, 2.24) is 9.97 Å². The molecule has 2 heterocycles. The summed E-state index contributed by atoms with van der Waals surface area (Å²) in [4.78, 5) is 8.56. The fourth-order valence-corrected chi connectivity index (χ4v) is 3.07. The molecule has 0 aliphatic carbocycles. The second-order valence-electron chi connectivity index (χ2n) is 3.56. The average Bonchev–Trinajstić information content (AvgIpc) is 2.77. The number of rotatable bonds is 5. The molecule has 2 aromatic heterocycles. The van der Waals surface area contributed by atoms with E-state index in [4.69, 9.17) is 0 Å². The maximum Gasteiger partial charge on any atom is 0.147 e. The summed E-state index contributed by atoms with van der Waals surface area (Å²) in [5.41, 5.74) is 1.03. The Morgan fingerprint density at radius 3 is 3.12 bits per heavy atom. The first-order chi connectivity index (χ1) is 7.85. The maximum absolute atomic E-state index is 4.33. The number of thiophene rings is 1. The molecule has 2 rings (SSSR count). The first kappa shape index (κ1) is 11.7. The summed E-state index contributed by atoms with van der Waals surface area (Å²) in [5, 5.41) is 5.55. The second-order valence-corrected chi connectivity index (χ2v) is 5.39. The van der Waals surface area contributed by atoms with Crippen molar-refractivity contribution in [2.75, 3.05) is 17.3 Å².